The fourth-order valence-electron chi connectivity index (χ4n) is 4.54. The van der Waals surface area contributed by atoms with Crippen molar-refractivity contribution >= 4 is 70.8 Å². The highest BCUT2D eigenvalue weighted by Crippen LogP contribution is 2.44. The van der Waals surface area contributed by atoms with Gasteiger partial charge in [0.15, 0.2) is 5.75 Å². The minimum atomic E-state index is -4.90. The van der Waals surface area contributed by atoms with Crippen LogP contribution in [0.5, 0.6) is 11.5 Å². The Kier molecular flexibility index (Phi) is 9.17. The molecule has 0 fully saturated rings. The first-order chi connectivity index (χ1) is 22.7. The highest BCUT2D eigenvalue weighted by atomic mass is 32.2. The summed E-state index contributed by atoms with van der Waals surface area (Å²) in [6, 6.07) is 20.5. The number of hydrogen-bond donors (Lipinski definition) is 4. The van der Waals surface area contributed by atoms with Gasteiger partial charge in [0.25, 0.3) is 25.9 Å². The van der Waals surface area contributed by atoms with Crippen LogP contribution >= 0.6 is 0 Å². The molecular formula is C30H24N6O10S2. The molecule has 5 aromatic rings. The number of nitro benzene ring substituents is 1. The minimum Gasteiger partial charge on any atom is -0.505 e. The van der Waals surface area contributed by atoms with Gasteiger partial charge in [0.05, 0.1) is 17.7 Å². The first-order valence-corrected chi connectivity index (χ1v) is 16.4. The molecule has 0 bridgehead atoms. The molecule has 0 spiro atoms. The minimum absolute atomic E-state index is 0.0438. The van der Waals surface area contributed by atoms with Gasteiger partial charge in [-0.25, -0.2) is 0 Å². The Hall–Kier alpha value is -5.82. The van der Waals surface area contributed by atoms with Gasteiger partial charge in [-0.1, -0.05) is 18.2 Å². The van der Waals surface area contributed by atoms with Gasteiger partial charge in [0, 0.05) is 35.0 Å². The maximum absolute atomic E-state index is 12.4. The average molecular weight is 693 g/mol. The van der Waals surface area contributed by atoms with Gasteiger partial charge >= 0.3 is 0 Å². The molecule has 48 heavy (non-hydrogen) atoms. The summed E-state index contributed by atoms with van der Waals surface area (Å²) >= 11 is 0. The zero-order valence-electron chi connectivity index (χ0n) is 24.8. The zero-order valence-corrected chi connectivity index (χ0v) is 26.5. The van der Waals surface area contributed by atoms with Crippen LogP contribution in [0.25, 0.3) is 10.8 Å². The third kappa shape index (κ3) is 7.26. The van der Waals surface area contributed by atoms with Gasteiger partial charge in [0.1, 0.15) is 32.6 Å². The lowest BCUT2D eigenvalue weighted by molar-refractivity contribution is -0.385. The van der Waals surface area contributed by atoms with Crippen molar-refractivity contribution in [2.24, 2.45) is 20.5 Å². The lowest BCUT2D eigenvalue weighted by Gasteiger charge is -2.12. The van der Waals surface area contributed by atoms with E-state index in [2.05, 4.69) is 25.8 Å². The van der Waals surface area contributed by atoms with Gasteiger partial charge < -0.3 is 15.2 Å². The molecule has 0 heterocycles. The molecule has 0 radical (unpaired) electrons. The lowest BCUT2D eigenvalue weighted by atomic mass is 10.1. The molecule has 5 rings (SSSR count). The zero-order chi connectivity index (χ0) is 34.8. The van der Waals surface area contributed by atoms with E-state index < -0.39 is 52.1 Å². The molecule has 0 saturated carbocycles. The van der Waals surface area contributed by atoms with E-state index in [1.165, 1.54) is 19.2 Å². The fraction of sp³-hybridized carbons (Fsp3) is 0.0667. The van der Waals surface area contributed by atoms with Crippen molar-refractivity contribution in [3.63, 3.8) is 0 Å². The predicted octanol–water partition coefficient (Wildman–Crippen LogP) is 7.84. The number of phenols is 1. The number of non-ortho nitro benzene ring substituents is 1. The van der Waals surface area contributed by atoms with Gasteiger partial charge in [-0.2, -0.15) is 21.9 Å². The second-order valence-corrected chi connectivity index (χ2v) is 12.8. The Morgan fingerprint density at radius 1 is 0.750 bits per heavy atom. The largest absolute Gasteiger partial charge is 0.505 e. The number of hydrogen-bond acceptors (Lipinski definition) is 13. The van der Waals surface area contributed by atoms with Crippen molar-refractivity contribution in [1.82, 2.24) is 0 Å². The molecule has 4 N–H and O–H groups in total. The molecule has 0 amide bonds. The third-order valence-electron chi connectivity index (χ3n) is 6.84. The fourth-order valence-corrected chi connectivity index (χ4v) is 5.84. The van der Waals surface area contributed by atoms with Crippen molar-refractivity contribution in [1.29, 1.82) is 0 Å². The second-order valence-electron chi connectivity index (χ2n) is 10.1. The SMILES string of the molecule is COc1cc(N=Nc2ccc([N+](=O)[O-])cc2S(=O)(=O)O)c(C)cc1N=Nc1c(S(=O)(=O)O)cc2cc(Nc3ccccc3)ccc2c1O. The summed E-state index contributed by atoms with van der Waals surface area (Å²) in [5.74, 6) is -0.517. The lowest BCUT2D eigenvalue weighted by Crippen LogP contribution is -2.00. The Morgan fingerprint density at radius 2 is 1.42 bits per heavy atom. The van der Waals surface area contributed by atoms with Crippen LogP contribution in [0, 0.1) is 17.0 Å². The molecule has 0 atom stereocenters. The summed E-state index contributed by atoms with van der Waals surface area (Å²) in [7, 11) is -8.51. The number of methoxy groups -OCH3 is 1. The number of rotatable bonds is 10. The van der Waals surface area contributed by atoms with Gasteiger partial charge in [0.2, 0.25) is 0 Å². The maximum Gasteiger partial charge on any atom is 0.297 e. The van der Waals surface area contributed by atoms with Crippen LogP contribution < -0.4 is 10.1 Å². The normalized spacial score (nSPS) is 12.2. The van der Waals surface area contributed by atoms with Gasteiger partial charge in [-0.15, -0.1) is 15.3 Å². The predicted molar refractivity (Wildman–Crippen MR) is 174 cm³/mol. The number of ether oxygens (including phenoxy) is 1. The number of benzene rings is 5. The van der Waals surface area contributed by atoms with Crippen molar-refractivity contribution < 1.29 is 40.7 Å². The number of nitro groups is 1. The monoisotopic (exact) mass is 692 g/mol. The summed E-state index contributed by atoms with van der Waals surface area (Å²) in [5.41, 5.74) is 0.430. The highest BCUT2D eigenvalue weighted by molar-refractivity contribution is 7.86. The highest BCUT2D eigenvalue weighted by Gasteiger charge is 2.23. The van der Waals surface area contributed by atoms with E-state index in [-0.39, 0.29) is 33.6 Å². The van der Waals surface area contributed by atoms with Crippen molar-refractivity contribution in [2.45, 2.75) is 16.7 Å². The number of nitrogens with one attached hydrogen (secondary N) is 1. The smallest absolute Gasteiger partial charge is 0.297 e. The number of phenolic OH excluding ortho intramolecular Hbond substituents is 1. The van der Waals surface area contributed by atoms with Crippen molar-refractivity contribution in [3.05, 3.63) is 101 Å². The molecule has 0 aliphatic carbocycles. The molecule has 246 valence electrons. The molecule has 0 aliphatic heterocycles. The quantitative estimate of drug-likeness (QED) is 0.0475. The topological polar surface area (TPSA) is 243 Å². The van der Waals surface area contributed by atoms with E-state index in [9.17, 15) is 41.2 Å². The Morgan fingerprint density at radius 3 is 2.06 bits per heavy atom. The van der Waals surface area contributed by atoms with E-state index >= 15 is 0 Å². The number of azo groups is 2. The Bertz CT molecular complexity index is 2370. The van der Waals surface area contributed by atoms with Gasteiger partial charge in [-0.3, -0.25) is 19.2 Å². The van der Waals surface area contributed by atoms with Crippen LogP contribution in [0.1, 0.15) is 5.56 Å². The van der Waals surface area contributed by atoms with Crippen LogP contribution in [-0.4, -0.2) is 43.1 Å². The summed E-state index contributed by atoms with van der Waals surface area (Å²) in [5, 5.41) is 41.7. The van der Waals surface area contributed by atoms with Crippen LogP contribution in [0.3, 0.4) is 0 Å². The van der Waals surface area contributed by atoms with Crippen LogP contribution in [0.15, 0.2) is 115 Å². The van der Waals surface area contributed by atoms with E-state index in [1.807, 2.05) is 30.3 Å². The second kappa shape index (κ2) is 13.1. The van der Waals surface area contributed by atoms with E-state index in [1.54, 1.807) is 25.1 Å². The molecule has 16 nitrogen and oxygen atoms in total. The number of aromatic hydroxyl groups is 1. The first-order valence-electron chi connectivity index (χ1n) is 13.5. The summed E-state index contributed by atoms with van der Waals surface area (Å²) < 4.78 is 73.3. The number of anilines is 2. The average Bonchev–Trinajstić information content (AvgIpc) is 3.03. The Labute approximate surface area is 272 Å². The Balaban J connectivity index is 1.52. The van der Waals surface area contributed by atoms with E-state index in [0.29, 0.717) is 17.3 Å². The molecule has 0 aromatic heterocycles. The molecule has 0 aliphatic rings. The number of fused-ring (bicyclic) bond motifs is 1. The van der Waals surface area contributed by atoms with Crippen LogP contribution in [-0.2, 0) is 20.2 Å². The summed E-state index contributed by atoms with van der Waals surface area (Å²) in [6.07, 6.45) is 0. The number of para-hydroxylation sites is 1. The molecular weight excluding hydrogens is 668 g/mol. The van der Waals surface area contributed by atoms with Gasteiger partial charge in [-0.05, 0) is 66.4 Å². The molecule has 18 heteroatoms. The molecule has 0 saturated heterocycles. The van der Waals surface area contributed by atoms with E-state index in [0.717, 1.165) is 23.9 Å². The van der Waals surface area contributed by atoms with E-state index in [4.69, 9.17) is 4.74 Å². The van der Waals surface area contributed by atoms with Crippen molar-refractivity contribution in [3.8, 4) is 11.5 Å². The summed E-state index contributed by atoms with van der Waals surface area (Å²) in [6.45, 7) is 1.57. The van der Waals surface area contributed by atoms with Crippen molar-refractivity contribution in [2.75, 3.05) is 12.4 Å². The van der Waals surface area contributed by atoms with Crippen LogP contribution in [0.2, 0.25) is 0 Å². The van der Waals surface area contributed by atoms with Crippen LogP contribution in [0.4, 0.5) is 39.8 Å². The first kappa shape index (κ1) is 33.5. The molecule has 0 unspecified atom stereocenters. The maximum atomic E-state index is 12.4. The number of aryl methyl sites for hydroxylation is 1. The standard InChI is InChI=1S/C30H24N6O10S2/c1-17-12-25(26(46-2)16-24(17)33-32-23-11-9-21(36(38)39)15-27(23)47(40,41)42)34-35-29-28(48(43,44)45)14-18-13-20(8-10-22(18)30(29)37)31-19-6-4-3-5-7-19/h3-16,31,37H,1-2H3,(H,40,41,42)(H,43,44,45). The third-order valence-corrected chi connectivity index (χ3v) is 8.59. The number of nitrogens with zero attached hydrogens (tertiary/aromatic N) is 5. The molecule has 5 aromatic carbocycles. The summed E-state index contributed by atoms with van der Waals surface area (Å²) in [4.78, 5) is 8.69.